The quantitative estimate of drug-likeness (QED) is 0.225. The summed E-state index contributed by atoms with van der Waals surface area (Å²) in [6.07, 6.45) is 6.09. The van der Waals surface area contributed by atoms with Crippen LogP contribution in [0.2, 0.25) is 0 Å². The van der Waals surface area contributed by atoms with Gasteiger partial charge in [-0.1, -0.05) is 12.2 Å². The molecule has 1 saturated carbocycles. The van der Waals surface area contributed by atoms with Gasteiger partial charge in [-0.15, -0.1) is 0 Å². The van der Waals surface area contributed by atoms with Crippen molar-refractivity contribution in [3.05, 3.63) is 12.2 Å². The van der Waals surface area contributed by atoms with E-state index in [1.807, 2.05) is 0 Å². The molecule has 3 aliphatic rings. The van der Waals surface area contributed by atoms with Gasteiger partial charge in [-0.25, -0.2) is 0 Å². The third-order valence-corrected chi connectivity index (χ3v) is 5.23. The largest absolute Gasteiger partial charge is 0.385 e. The molecule has 1 saturated heterocycles. The second-order valence-electron chi connectivity index (χ2n) is 6.60. The summed E-state index contributed by atoms with van der Waals surface area (Å²) in [6.45, 7) is 2.35. The lowest BCUT2D eigenvalue weighted by atomic mass is 9.85. The summed E-state index contributed by atoms with van der Waals surface area (Å²) >= 11 is 0. The van der Waals surface area contributed by atoms with Crippen LogP contribution in [0.15, 0.2) is 17.1 Å². The minimum Gasteiger partial charge on any atom is -0.385 e. The van der Waals surface area contributed by atoms with Crippen molar-refractivity contribution in [3.8, 4) is 0 Å². The number of methoxy groups -OCH3 is 1. The van der Waals surface area contributed by atoms with Gasteiger partial charge in [0.05, 0.1) is 11.8 Å². The van der Waals surface area contributed by atoms with Crippen molar-refractivity contribution in [2.24, 2.45) is 28.7 Å². The highest BCUT2D eigenvalue weighted by molar-refractivity contribution is 6.06. The van der Waals surface area contributed by atoms with Gasteiger partial charge in [-0.3, -0.25) is 19.5 Å². The van der Waals surface area contributed by atoms with Crippen LogP contribution < -0.4 is 10.6 Å². The maximum Gasteiger partial charge on any atom is 0.233 e. The molecule has 0 aromatic carbocycles. The van der Waals surface area contributed by atoms with Crippen LogP contribution in [0, 0.1) is 23.7 Å². The Bertz CT molecular complexity index is 530. The second-order valence-corrected chi connectivity index (χ2v) is 6.60. The van der Waals surface area contributed by atoms with Gasteiger partial charge in [0.1, 0.15) is 0 Å². The van der Waals surface area contributed by atoms with E-state index in [-0.39, 0.29) is 35.5 Å². The SMILES string of the molecule is CN=C(NCCCOC)NCCN1C(=O)C2C3C=CC(C3)C2C1=O. The average Bonchev–Trinajstić information content (AvgIpc) is 3.26. The second kappa shape index (κ2) is 7.34. The highest BCUT2D eigenvalue weighted by Gasteiger charge is 2.58. The number of nitrogens with zero attached hydrogens (tertiary/aromatic N) is 2. The summed E-state index contributed by atoms with van der Waals surface area (Å²) in [4.78, 5) is 30.7. The van der Waals surface area contributed by atoms with Gasteiger partial charge in [0.15, 0.2) is 5.96 Å². The topological polar surface area (TPSA) is 83.0 Å². The fraction of sp³-hybridized carbons (Fsp3) is 0.706. The molecule has 7 nitrogen and oxygen atoms in total. The molecule has 0 aromatic heterocycles. The zero-order valence-electron chi connectivity index (χ0n) is 14.3. The van der Waals surface area contributed by atoms with Crippen molar-refractivity contribution >= 4 is 17.8 Å². The van der Waals surface area contributed by atoms with Gasteiger partial charge in [0, 0.05) is 40.4 Å². The third-order valence-electron chi connectivity index (χ3n) is 5.23. The van der Waals surface area contributed by atoms with Gasteiger partial charge >= 0.3 is 0 Å². The molecule has 0 spiro atoms. The first-order chi connectivity index (χ1) is 11.7. The first-order valence-corrected chi connectivity index (χ1v) is 8.64. The number of rotatable bonds is 7. The Morgan fingerprint density at radius 3 is 2.42 bits per heavy atom. The van der Waals surface area contributed by atoms with E-state index in [1.54, 1.807) is 14.2 Å². The van der Waals surface area contributed by atoms with E-state index < -0.39 is 0 Å². The molecule has 4 unspecified atom stereocenters. The normalized spacial score (nSPS) is 31.1. The minimum atomic E-state index is -0.112. The summed E-state index contributed by atoms with van der Waals surface area (Å²) in [7, 11) is 3.37. The number of guanidine groups is 1. The first-order valence-electron chi connectivity index (χ1n) is 8.64. The monoisotopic (exact) mass is 334 g/mol. The first kappa shape index (κ1) is 17.0. The number of imide groups is 1. The maximum atomic E-state index is 12.6. The molecule has 0 radical (unpaired) electrons. The van der Waals surface area contributed by atoms with Crippen LogP contribution >= 0.6 is 0 Å². The standard InChI is InChI=1S/C17H26N4O3/c1-18-17(19-6-3-9-24-2)20-7-8-21-15(22)13-11-4-5-12(10-11)14(13)16(21)23/h4-5,11-14H,3,6-10H2,1-2H3,(H2,18,19,20). The highest BCUT2D eigenvalue weighted by Crippen LogP contribution is 2.52. The smallest absolute Gasteiger partial charge is 0.233 e. The Labute approximate surface area is 142 Å². The maximum absolute atomic E-state index is 12.6. The summed E-state index contributed by atoms with van der Waals surface area (Å²) in [5.74, 6) is 0.998. The lowest BCUT2D eigenvalue weighted by molar-refractivity contribution is -0.140. The van der Waals surface area contributed by atoms with Crippen molar-refractivity contribution in [2.75, 3.05) is 40.4 Å². The van der Waals surface area contributed by atoms with Crippen molar-refractivity contribution in [3.63, 3.8) is 0 Å². The number of nitrogens with one attached hydrogen (secondary N) is 2. The van der Waals surface area contributed by atoms with Crippen LogP contribution in [0.25, 0.3) is 0 Å². The molecule has 2 bridgehead atoms. The molecule has 1 aliphatic heterocycles. The summed E-state index contributed by atoms with van der Waals surface area (Å²) < 4.78 is 5.00. The van der Waals surface area contributed by atoms with Crippen LogP contribution in [-0.4, -0.2) is 63.1 Å². The van der Waals surface area contributed by atoms with Gasteiger partial charge in [-0.05, 0) is 24.7 Å². The number of amides is 2. The van der Waals surface area contributed by atoms with Crippen LogP contribution in [0.4, 0.5) is 0 Å². The third kappa shape index (κ3) is 3.05. The average molecular weight is 334 g/mol. The highest BCUT2D eigenvalue weighted by atomic mass is 16.5. The molecule has 3 rings (SSSR count). The van der Waals surface area contributed by atoms with E-state index in [4.69, 9.17) is 4.74 Å². The molecule has 132 valence electrons. The molecule has 4 atom stereocenters. The van der Waals surface area contributed by atoms with Crippen molar-refractivity contribution in [1.82, 2.24) is 15.5 Å². The Morgan fingerprint density at radius 1 is 1.21 bits per heavy atom. The lowest BCUT2D eigenvalue weighted by Crippen LogP contribution is -2.44. The summed E-state index contributed by atoms with van der Waals surface area (Å²) in [5.41, 5.74) is 0. The predicted octanol–water partition coefficient (Wildman–Crippen LogP) is -0.00500. The number of hydrogen-bond acceptors (Lipinski definition) is 4. The number of hydrogen-bond donors (Lipinski definition) is 2. The number of ether oxygens (including phenoxy) is 1. The Kier molecular flexibility index (Phi) is 5.18. The predicted molar refractivity (Wildman–Crippen MR) is 90.3 cm³/mol. The zero-order chi connectivity index (χ0) is 17.1. The fourth-order valence-electron chi connectivity index (χ4n) is 4.11. The number of carbonyl (C=O) groups excluding carboxylic acids is 2. The van der Waals surface area contributed by atoms with Gasteiger partial charge in [0.25, 0.3) is 0 Å². The van der Waals surface area contributed by atoms with Gasteiger partial charge < -0.3 is 15.4 Å². The van der Waals surface area contributed by atoms with Crippen LogP contribution in [0.3, 0.4) is 0 Å². The summed E-state index contributed by atoms with van der Waals surface area (Å²) in [6, 6.07) is 0. The van der Waals surface area contributed by atoms with E-state index in [1.165, 1.54) is 4.90 Å². The number of carbonyl (C=O) groups is 2. The molecule has 0 aromatic rings. The molecule has 2 N–H and O–H groups in total. The Hall–Kier alpha value is -1.89. The summed E-state index contributed by atoms with van der Waals surface area (Å²) in [5, 5.41) is 6.33. The van der Waals surface area contributed by atoms with E-state index in [9.17, 15) is 9.59 Å². The van der Waals surface area contributed by atoms with Crippen LogP contribution in [-0.2, 0) is 14.3 Å². The van der Waals surface area contributed by atoms with Crippen molar-refractivity contribution in [2.45, 2.75) is 12.8 Å². The minimum absolute atomic E-state index is 0.00620. The number of likely N-dealkylation sites (tertiary alicyclic amines) is 1. The van der Waals surface area contributed by atoms with Crippen molar-refractivity contribution < 1.29 is 14.3 Å². The van der Waals surface area contributed by atoms with Gasteiger partial charge in [0.2, 0.25) is 11.8 Å². The molecule has 2 fully saturated rings. The zero-order valence-corrected chi connectivity index (χ0v) is 14.3. The molecule has 7 heteroatoms. The molecule has 1 heterocycles. The van der Waals surface area contributed by atoms with E-state index in [2.05, 4.69) is 27.8 Å². The molecular weight excluding hydrogens is 308 g/mol. The van der Waals surface area contributed by atoms with E-state index in [0.717, 1.165) is 19.4 Å². The van der Waals surface area contributed by atoms with Crippen LogP contribution in [0.5, 0.6) is 0 Å². The van der Waals surface area contributed by atoms with Crippen LogP contribution in [0.1, 0.15) is 12.8 Å². The molecule has 24 heavy (non-hydrogen) atoms. The lowest BCUT2D eigenvalue weighted by Gasteiger charge is -2.18. The van der Waals surface area contributed by atoms with E-state index >= 15 is 0 Å². The Morgan fingerprint density at radius 2 is 1.83 bits per heavy atom. The number of fused-ring (bicyclic) bond motifs is 5. The van der Waals surface area contributed by atoms with Crippen molar-refractivity contribution in [1.29, 1.82) is 0 Å². The number of aliphatic imine (C=N–C) groups is 1. The molecule has 2 aliphatic carbocycles. The fourth-order valence-corrected chi connectivity index (χ4v) is 4.11. The number of allylic oxidation sites excluding steroid dienone is 2. The Balaban J connectivity index is 1.46. The molecule has 2 amide bonds. The van der Waals surface area contributed by atoms with Gasteiger partial charge in [-0.2, -0.15) is 0 Å². The molecular formula is C17H26N4O3. The van der Waals surface area contributed by atoms with E-state index in [0.29, 0.717) is 25.7 Å².